The zero-order valence-electron chi connectivity index (χ0n) is 31.8. The highest BCUT2D eigenvalue weighted by atomic mass is 16.3. The number of nitrogens with zero attached hydrogens (tertiary/aromatic N) is 3. The fraction of sp³-hybridized carbons (Fsp3) is 0.348. The second-order valence-corrected chi connectivity index (χ2v) is 17.4. The van der Waals surface area contributed by atoms with Gasteiger partial charge in [0.05, 0.1) is 17.1 Å². The molecule has 0 amide bonds. The predicted molar refractivity (Wildman–Crippen MR) is 211 cm³/mol. The minimum Gasteiger partial charge on any atom is -0.507 e. The first-order valence-corrected chi connectivity index (χ1v) is 18.0. The van der Waals surface area contributed by atoms with E-state index in [-0.39, 0.29) is 16.2 Å². The van der Waals surface area contributed by atoms with E-state index in [0.717, 1.165) is 62.5 Å². The number of aromatic hydroxyl groups is 1. The van der Waals surface area contributed by atoms with E-state index in [9.17, 15) is 5.11 Å². The molecule has 0 bridgehead atoms. The predicted octanol–water partition coefficient (Wildman–Crippen LogP) is 12.2. The Morgan fingerprint density at radius 1 is 0.660 bits per heavy atom. The van der Waals surface area contributed by atoms with Crippen LogP contribution in [0.25, 0.3) is 50.4 Å². The van der Waals surface area contributed by atoms with Gasteiger partial charge in [0.2, 0.25) is 0 Å². The van der Waals surface area contributed by atoms with Crippen LogP contribution in [0.2, 0.25) is 0 Å². The van der Waals surface area contributed by atoms with Crippen LogP contribution in [0.5, 0.6) is 5.75 Å². The molecule has 1 N–H and O–H groups in total. The number of fused-ring (bicyclic) bond motifs is 1. The minimum atomic E-state index is -0.258. The maximum atomic E-state index is 12.0. The van der Waals surface area contributed by atoms with Gasteiger partial charge in [-0.25, -0.2) is 4.98 Å². The highest BCUT2D eigenvalue weighted by molar-refractivity contribution is 5.85. The third kappa shape index (κ3) is 6.99. The van der Waals surface area contributed by atoms with Crippen molar-refractivity contribution in [2.24, 2.45) is 5.92 Å². The number of rotatable bonds is 6. The van der Waals surface area contributed by atoms with Gasteiger partial charge in [-0.2, -0.15) is 0 Å². The highest BCUT2D eigenvalue weighted by Crippen LogP contribution is 2.45. The monoisotopic (exact) mass is 663 g/mol. The molecule has 0 saturated carbocycles. The van der Waals surface area contributed by atoms with Crippen molar-refractivity contribution in [2.75, 3.05) is 0 Å². The largest absolute Gasteiger partial charge is 0.507 e. The van der Waals surface area contributed by atoms with E-state index in [4.69, 9.17) is 9.97 Å². The molecule has 0 atom stereocenters. The number of phenolic OH excluding ortho intramolecular Hbond substituents is 1. The van der Waals surface area contributed by atoms with Gasteiger partial charge in [0, 0.05) is 40.1 Å². The van der Waals surface area contributed by atoms with E-state index in [1.54, 1.807) is 0 Å². The zero-order chi connectivity index (χ0) is 36.2. The van der Waals surface area contributed by atoms with E-state index >= 15 is 0 Å². The number of phenols is 1. The smallest absolute Gasteiger partial charge is 0.145 e. The molecule has 50 heavy (non-hydrogen) atoms. The Morgan fingerprint density at radius 2 is 1.36 bits per heavy atom. The fourth-order valence-corrected chi connectivity index (χ4v) is 7.00. The molecular formula is C46H53N3O. The lowest BCUT2D eigenvalue weighted by molar-refractivity contribution is 0.446. The van der Waals surface area contributed by atoms with Gasteiger partial charge >= 0.3 is 0 Å². The molecular weight excluding hydrogens is 611 g/mol. The highest BCUT2D eigenvalue weighted by Gasteiger charge is 2.31. The van der Waals surface area contributed by atoms with Crippen LogP contribution in [0.15, 0.2) is 97.3 Å². The van der Waals surface area contributed by atoms with Crippen molar-refractivity contribution < 1.29 is 5.11 Å². The maximum Gasteiger partial charge on any atom is 0.145 e. The van der Waals surface area contributed by atoms with Crippen molar-refractivity contribution in [1.29, 1.82) is 0 Å². The summed E-state index contributed by atoms with van der Waals surface area (Å²) in [4.78, 5) is 10.3. The molecule has 0 aliphatic carbocycles. The third-order valence-electron chi connectivity index (χ3n) is 9.51. The number of imidazole rings is 1. The Kier molecular flexibility index (Phi) is 9.05. The summed E-state index contributed by atoms with van der Waals surface area (Å²) in [6.45, 7) is 24.4. The van der Waals surface area contributed by atoms with Crippen molar-refractivity contribution in [3.63, 3.8) is 0 Å². The molecule has 0 radical (unpaired) electrons. The molecule has 0 spiro atoms. The van der Waals surface area contributed by atoms with E-state index in [1.807, 2.05) is 12.3 Å². The molecule has 3 aromatic heterocycles. The van der Waals surface area contributed by atoms with Crippen LogP contribution in [0.1, 0.15) is 98.5 Å². The summed E-state index contributed by atoms with van der Waals surface area (Å²) in [6, 6.07) is 30.3. The van der Waals surface area contributed by atoms with Crippen LogP contribution in [0.4, 0.5) is 0 Å². The quantitative estimate of drug-likeness (QED) is 0.193. The fourth-order valence-electron chi connectivity index (χ4n) is 7.00. The maximum absolute atomic E-state index is 12.0. The van der Waals surface area contributed by atoms with Crippen molar-refractivity contribution in [3.05, 3.63) is 120 Å². The molecule has 6 rings (SSSR count). The van der Waals surface area contributed by atoms with Gasteiger partial charge in [0.25, 0.3) is 0 Å². The Hall–Kier alpha value is -4.70. The number of pyridine rings is 2. The first kappa shape index (κ1) is 35.1. The summed E-state index contributed by atoms with van der Waals surface area (Å²) in [7, 11) is 0. The number of benzene rings is 3. The lowest BCUT2D eigenvalue weighted by Gasteiger charge is -2.28. The molecule has 0 unspecified atom stereocenters. The Morgan fingerprint density at radius 3 is 2.00 bits per heavy atom. The second-order valence-electron chi connectivity index (χ2n) is 17.4. The van der Waals surface area contributed by atoms with Gasteiger partial charge in [-0.3, -0.25) is 4.98 Å². The Balaban J connectivity index is 1.61. The minimum absolute atomic E-state index is 0.103. The zero-order valence-corrected chi connectivity index (χ0v) is 31.8. The van der Waals surface area contributed by atoms with Gasteiger partial charge in [-0.1, -0.05) is 119 Å². The standard InChI is InChI=1S/C46H53N3O/c1-29(2)22-30-23-33(25-34(24-30)39-26-32(19-20-47-39)31-16-13-12-14-17-31)36-18-15-21-49-42(46(9,10)11)40(48-43(36)49)37-27-35(44(3,4)5)28-38(41(37)50)45(6,7)8/h12-21,23-29,50H,22H2,1-11H3. The van der Waals surface area contributed by atoms with Crippen LogP contribution in [0.3, 0.4) is 0 Å². The van der Waals surface area contributed by atoms with Crippen LogP contribution < -0.4 is 0 Å². The topological polar surface area (TPSA) is 50.4 Å². The summed E-state index contributed by atoms with van der Waals surface area (Å²) >= 11 is 0. The van der Waals surface area contributed by atoms with Crippen molar-refractivity contribution in [3.8, 4) is 50.5 Å². The molecule has 0 aliphatic heterocycles. The molecule has 3 aromatic carbocycles. The Bertz CT molecular complexity index is 2170. The van der Waals surface area contributed by atoms with Crippen LogP contribution in [0, 0.1) is 5.92 Å². The summed E-state index contributed by atoms with van der Waals surface area (Å²) in [6.07, 6.45) is 4.99. The first-order valence-electron chi connectivity index (χ1n) is 18.0. The lowest BCUT2D eigenvalue weighted by Crippen LogP contribution is -2.18. The first-order chi connectivity index (χ1) is 23.4. The van der Waals surface area contributed by atoms with Crippen LogP contribution in [-0.2, 0) is 22.7 Å². The number of hydrogen-bond donors (Lipinski definition) is 1. The summed E-state index contributed by atoms with van der Waals surface area (Å²) in [5.41, 5.74) is 12.9. The van der Waals surface area contributed by atoms with Crippen molar-refractivity contribution in [2.45, 2.75) is 98.8 Å². The van der Waals surface area contributed by atoms with Gasteiger partial charge < -0.3 is 9.51 Å². The molecule has 6 aromatic rings. The average molecular weight is 664 g/mol. The van der Waals surface area contributed by atoms with Gasteiger partial charge in [0.1, 0.15) is 11.4 Å². The third-order valence-corrected chi connectivity index (χ3v) is 9.51. The summed E-state index contributed by atoms with van der Waals surface area (Å²) in [5.74, 6) is 0.810. The molecule has 0 fully saturated rings. The van der Waals surface area contributed by atoms with E-state index < -0.39 is 0 Å². The summed E-state index contributed by atoms with van der Waals surface area (Å²) < 4.78 is 2.24. The van der Waals surface area contributed by atoms with Crippen LogP contribution >= 0.6 is 0 Å². The number of hydrogen-bond acceptors (Lipinski definition) is 3. The van der Waals surface area contributed by atoms with Gasteiger partial charge in [-0.15, -0.1) is 0 Å². The van der Waals surface area contributed by atoms with Gasteiger partial charge in [0.15, 0.2) is 0 Å². The summed E-state index contributed by atoms with van der Waals surface area (Å²) in [5, 5.41) is 12.0. The van der Waals surface area contributed by atoms with Crippen molar-refractivity contribution in [1.82, 2.24) is 14.4 Å². The lowest BCUT2D eigenvalue weighted by atomic mass is 9.78. The van der Waals surface area contributed by atoms with Crippen molar-refractivity contribution >= 4 is 5.65 Å². The Labute approximate surface area is 299 Å². The normalized spacial score (nSPS) is 12.6. The van der Waals surface area contributed by atoms with E-state index in [1.165, 1.54) is 16.7 Å². The molecule has 4 nitrogen and oxygen atoms in total. The molecule has 4 heteroatoms. The second kappa shape index (κ2) is 12.9. The molecule has 0 saturated heterocycles. The molecule has 0 aliphatic rings. The average Bonchev–Trinajstić information content (AvgIpc) is 3.44. The molecule has 258 valence electrons. The van der Waals surface area contributed by atoms with Gasteiger partial charge in [-0.05, 0) is 93.5 Å². The number of aromatic nitrogens is 3. The SMILES string of the molecule is CC(C)Cc1cc(-c2cc(-c3ccccc3)ccn2)cc(-c2cccn3c(C(C)(C)C)c(-c4cc(C(C)(C)C)cc(C(C)(C)C)c4O)nc23)c1. The van der Waals surface area contributed by atoms with E-state index in [2.05, 4.69) is 166 Å². The van der Waals surface area contributed by atoms with E-state index in [0.29, 0.717) is 11.7 Å². The van der Waals surface area contributed by atoms with Crippen LogP contribution in [-0.4, -0.2) is 19.5 Å². The molecule has 3 heterocycles.